The molecule has 1 aromatic carbocycles. The van der Waals surface area contributed by atoms with Crippen molar-refractivity contribution in [3.05, 3.63) is 22.7 Å². The predicted molar refractivity (Wildman–Crippen MR) is 73.1 cm³/mol. The third-order valence-electron chi connectivity index (χ3n) is 2.21. The maximum Gasteiger partial charge on any atom is 0.250 e. The van der Waals surface area contributed by atoms with Gasteiger partial charge in [0.05, 0.1) is 27.5 Å². The van der Waals surface area contributed by atoms with Gasteiger partial charge >= 0.3 is 0 Å². The fourth-order valence-corrected chi connectivity index (χ4v) is 2.33. The summed E-state index contributed by atoms with van der Waals surface area (Å²) < 4.78 is 6.02. The molecule has 0 radical (unpaired) electrons. The minimum absolute atomic E-state index is 0.0476. The zero-order valence-electron chi connectivity index (χ0n) is 9.48. The van der Waals surface area contributed by atoms with Crippen LogP contribution < -0.4 is 11.1 Å². The van der Waals surface area contributed by atoms with Gasteiger partial charge in [-0.3, -0.25) is 4.79 Å². The summed E-state index contributed by atoms with van der Waals surface area (Å²) in [6, 6.07) is 3.61. The van der Waals surface area contributed by atoms with Crippen molar-refractivity contribution >= 4 is 44.7 Å². The molecule has 0 spiro atoms. The zero-order valence-corrected chi connectivity index (χ0v) is 11.1. The molecule has 1 amide bonds. The van der Waals surface area contributed by atoms with Crippen LogP contribution in [0.25, 0.3) is 10.2 Å². The highest BCUT2D eigenvalue weighted by Gasteiger charge is 2.11. The van der Waals surface area contributed by atoms with Gasteiger partial charge in [0.15, 0.2) is 0 Å². The standard InChI is InChI=1S/C11H12ClN3O2S/c12-7-1-2-8-11(14-6-18-8)10(7)15-9(16)5-17-4-3-13/h1-2,6H,3-5,13H2,(H,15,16). The van der Waals surface area contributed by atoms with Gasteiger partial charge in [-0.1, -0.05) is 11.6 Å². The van der Waals surface area contributed by atoms with E-state index >= 15 is 0 Å². The van der Waals surface area contributed by atoms with Gasteiger partial charge in [-0.25, -0.2) is 4.98 Å². The Balaban J connectivity index is 2.13. The Hall–Kier alpha value is -1.21. The normalized spacial score (nSPS) is 10.8. The van der Waals surface area contributed by atoms with E-state index in [-0.39, 0.29) is 12.5 Å². The van der Waals surface area contributed by atoms with Crippen LogP contribution in [-0.4, -0.2) is 30.6 Å². The van der Waals surface area contributed by atoms with E-state index in [1.54, 1.807) is 11.6 Å². The van der Waals surface area contributed by atoms with E-state index in [2.05, 4.69) is 10.3 Å². The van der Waals surface area contributed by atoms with Gasteiger partial charge in [0.2, 0.25) is 5.91 Å². The van der Waals surface area contributed by atoms with Crippen molar-refractivity contribution in [2.24, 2.45) is 5.73 Å². The Morgan fingerprint density at radius 3 is 3.17 bits per heavy atom. The van der Waals surface area contributed by atoms with Crippen LogP contribution in [-0.2, 0) is 9.53 Å². The number of nitrogens with one attached hydrogen (secondary N) is 1. The fraction of sp³-hybridized carbons (Fsp3) is 0.273. The van der Waals surface area contributed by atoms with Crippen molar-refractivity contribution in [2.45, 2.75) is 0 Å². The highest BCUT2D eigenvalue weighted by Crippen LogP contribution is 2.32. The molecule has 2 aromatic rings. The van der Waals surface area contributed by atoms with Crippen LogP contribution in [0.3, 0.4) is 0 Å². The summed E-state index contributed by atoms with van der Waals surface area (Å²) in [5.41, 5.74) is 8.19. The van der Waals surface area contributed by atoms with E-state index in [9.17, 15) is 4.79 Å². The fourth-order valence-electron chi connectivity index (χ4n) is 1.45. The number of hydrogen-bond acceptors (Lipinski definition) is 5. The number of thiazole rings is 1. The number of benzene rings is 1. The van der Waals surface area contributed by atoms with E-state index in [1.807, 2.05) is 6.07 Å². The Labute approximate surface area is 113 Å². The largest absolute Gasteiger partial charge is 0.370 e. The molecule has 3 N–H and O–H groups in total. The molecule has 0 aliphatic rings. The molecule has 0 saturated heterocycles. The van der Waals surface area contributed by atoms with Crippen molar-refractivity contribution in [3.63, 3.8) is 0 Å². The first-order chi connectivity index (χ1) is 8.72. The number of carbonyl (C=O) groups excluding carboxylic acids is 1. The molecule has 0 fully saturated rings. The SMILES string of the molecule is NCCOCC(=O)Nc1c(Cl)ccc2scnc12. The van der Waals surface area contributed by atoms with Crippen LogP contribution in [0.15, 0.2) is 17.6 Å². The number of nitrogens with zero attached hydrogens (tertiary/aromatic N) is 1. The molecule has 18 heavy (non-hydrogen) atoms. The quantitative estimate of drug-likeness (QED) is 0.822. The average Bonchev–Trinajstić information content (AvgIpc) is 2.82. The van der Waals surface area contributed by atoms with Crippen LogP contribution in [0, 0.1) is 0 Å². The van der Waals surface area contributed by atoms with Crippen LogP contribution >= 0.6 is 22.9 Å². The van der Waals surface area contributed by atoms with E-state index in [4.69, 9.17) is 22.1 Å². The number of anilines is 1. The second-order valence-corrected chi connectivity index (χ2v) is 4.80. The lowest BCUT2D eigenvalue weighted by molar-refractivity contribution is -0.120. The van der Waals surface area contributed by atoms with Gasteiger partial charge in [0.1, 0.15) is 12.1 Å². The highest BCUT2D eigenvalue weighted by atomic mass is 35.5. The Morgan fingerprint density at radius 2 is 2.39 bits per heavy atom. The third-order valence-corrected chi connectivity index (χ3v) is 3.32. The Kier molecular flexibility index (Phi) is 4.48. The number of hydrogen-bond donors (Lipinski definition) is 2. The van der Waals surface area contributed by atoms with Crippen LogP contribution in [0.5, 0.6) is 0 Å². The highest BCUT2D eigenvalue weighted by molar-refractivity contribution is 7.16. The number of halogens is 1. The molecule has 1 heterocycles. The monoisotopic (exact) mass is 285 g/mol. The van der Waals surface area contributed by atoms with E-state index in [0.29, 0.717) is 29.4 Å². The smallest absolute Gasteiger partial charge is 0.250 e. The molecule has 0 aliphatic carbocycles. The summed E-state index contributed by atoms with van der Waals surface area (Å²) in [4.78, 5) is 15.8. The maximum atomic E-state index is 11.6. The van der Waals surface area contributed by atoms with Gasteiger partial charge in [-0.05, 0) is 12.1 Å². The van der Waals surface area contributed by atoms with Crippen LogP contribution in [0.2, 0.25) is 5.02 Å². The molecule has 7 heteroatoms. The minimum atomic E-state index is -0.272. The van der Waals surface area contributed by atoms with Crippen LogP contribution in [0.4, 0.5) is 5.69 Å². The molecule has 0 bridgehead atoms. The number of carbonyl (C=O) groups is 1. The second-order valence-electron chi connectivity index (χ2n) is 3.51. The Morgan fingerprint density at radius 1 is 1.56 bits per heavy atom. The minimum Gasteiger partial charge on any atom is -0.370 e. The van der Waals surface area contributed by atoms with Gasteiger partial charge in [-0.15, -0.1) is 11.3 Å². The Bertz CT molecular complexity index is 558. The van der Waals surface area contributed by atoms with E-state index < -0.39 is 0 Å². The predicted octanol–water partition coefficient (Wildman–Crippen LogP) is 1.86. The average molecular weight is 286 g/mol. The lowest BCUT2D eigenvalue weighted by Gasteiger charge is -2.08. The number of rotatable bonds is 5. The second kappa shape index (κ2) is 6.10. The van der Waals surface area contributed by atoms with Gasteiger partial charge < -0.3 is 15.8 Å². The summed E-state index contributed by atoms with van der Waals surface area (Å²) in [5, 5.41) is 3.16. The van der Waals surface area contributed by atoms with Gasteiger partial charge in [0.25, 0.3) is 0 Å². The summed E-state index contributed by atoms with van der Waals surface area (Å²) in [7, 11) is 0. The van der Waals surface area contributed by atoms with Crippen molar-refractivity contribution in [3.8, 4) is 0 Å². The molecule has 0 atom stereocenters. The van der Waals surface area contributed by atoms with E-state index in [0.717, 1.165) is 4.70 Å². The first-order valence-electron chi connectivity index (χ1n) is 5.31. The molecular formula is C11H12ClN3O2S. The van der Waals surface area contributed by atoms with Crippen molar-refractivity contribution in [2.75, 3.05) is 25.1 Å². The third kappa shape index (κ3) is 2.97. The van der Waals surface area contributed by atoms with Crippen molar-refractivity contribution in [1.82, 2.24) is 4.98 Å². The molecule has 0 unspecified atom stereocenters. The lowest BCUT2D eigenvalue weighted by Crippen LogP contribution is -2.21. The summed E-state index contributed by atoms with van der Waals surface area (Å²) in [5.74, 6) is -0.272. The molecule has 2 rings (SSSR count). The molecule has 5 nitrogen and oxygen atoms in total. The number of ether oxygens (including phenoxy) is 1. The zero-order chi connectivity index (χ0) is 13.0. The maximum absolute atomic E-state index is 11.6. The summed E-state index contributed by atoms with van der Waals surface area (Å²) >= 11 is 7.54. The van der Waals surface area contributed by atoms with Gasteiger partial charge in [0, 0.05) is 6.54 Å². The first-order valence-corrected chi connectivity index (χ1v) is 6.57. The number of nitrogens with two attached hydrogens (primary N) is 1. The van der Waals surface area contributed by atoms with Crippen molar-refractivity contribution < 1.29 is 9.53 Å². The van der Waals surface area contributed by atoms with Crippen molar-refractivity contribution in [1.29, 1.82) is 0 Å². The molecule has 0 aliphatic heterocycles. The molecule has 96 valence electrons. The summed E-state index contributed by atoms with van der Waals surface area (Å²) in [6.45, 7) is 0.686. The van der Waals surface area contributed by atoms with Crippen LogP contribution in [0.1, 0.15) is 0 Å². The molecular weight excluding hydrogens is 274 g/mol. The summed E-state index contributed by atoms with van der Waals surface area (Å²) in [6.07, 6.45) is 0. The number of fused-ring (bicyclic) bond motifs is 1. The topological polar surface area (TPSA) is 77.2 Å². The van der Waals surface area contributed by atoms with E-state index in [1.165, 1.54) is 11.3 Å². The number of amides is 1. The van der Waals surface area contributed by atoms with Gasteiger partial charge in [-0.2, -0.15) is 0 Å². The molecule has 0 saturated carbocycles. The molecule has 1 aromatic heterocycles. The number of aromatic nitrogens is 1. The first kappa shape index (κ1) is 13.2. The lowest BCUT2D eigenvalue weighted by atomic mass is 10.3.